The number of carboxylic acids is 2. The van der Waals surface area contributed by atoms with E-state index in [4.69, 9.17) is 26.2 Å². The van der Waals surface area contributed by atoms with Crippen molar-refractivity contribution in [2.75, 3.05) is 12.3 Å². The van der Waals surface area contributed by atoms with E-state index in [9.17, 15) is 19.2 Å². The predicted octanol–water partition coefficient (Wildman–Crippen LogP) is -1.11. The van der Waals surface area contributed by atoms with Crippen molar-refractivity contribution in [3.8, 4) is 11.5 Å². The molecule has 0 spiro atoms. The van der Waals surface area contributed by atoms with E-state index in [1.54, 1.807) is 0 Å². The molecule has 8 N–H and O–H groups in total. The minimum Gasteiger partial charge on any atom is -0.508 e. The fourth-order valence-electron chi connectivity index (χ4n) is 1.61. The number of amides is 2. The number of nitrogens with two attached hydrogens (primary N) is 1. The number of hydrogen-bond acceptors (Lipinski definition) is 8. The third-order valence-corrected chi connectivity index (χ3v) is 3.46. The van der Waals surface area contributed by atoms with Crippen LogP contribution < -0.4 is 16.4 Å². The Morgan fingerprint density at radius 3 is 1.93 bits per heavy atom. The second kappa shape index (κ2) is 13.2. The number of thiol groups is 1. The van der Waals surface area contributed by atoms with Gasteiger partial charge in [-0.05, 0) is 30.7 Å². The first-order valence-electron chi connectivity index (χ1n) is 7.93. The Balaban J connectivity index is 0.000000749. The molecule has 12 heteroatoms. The van der Waals surface area contributed by atoms with Crippen LogP contribution in [0.5, 0.6) is 11.5 Å². The number of benzene rings is 1. The van der Waals surface area contributed by atoms with Gasteiger partial charge >= 0.3 is 11.9 Å². The van der Waals surface area contributed by atoms with Crippen LogP contribution >= 0.6 is 12.6 Å². The van der Waals surface area contributed by atoms with E-state index in [0.717, 1.165) is 0 Å². The molecule has 156 valence electrons. The number of carbonyl (C=O) groups is 4. The smallest absolute Gasteiger partial charge is 0.322 e. The third kappa shape index (κ3) is 11.6. The normalized spacial score (nSPS) is 11.9. The lowest BCUT2D eigenvalue weighted by molar-refractivity contribution is -0.139. The second-order valence-corrected chi connectivity index (χ2v) is 5.78. The average Bonchev–Trinajstić information content (AvgIpc) is 2.64. The summed E-state index contributed by atoms with van der Waals surface area (Å²) in [6.45, 7) is -0.567. The summed E-state index contributed by atoms with van der Waals surface area (Å²) < 4.78 is 0. The van der Waals surface area contributed by atoms with Crippen LogP contribution in [0.3, 0.4) is 0 Å². The molecule has 0 aromatic heterocycles. The van der Waals surface area contributed by atoms with Crippen molar-refractivity contribution in [2.24, 2.45) is 5.73 Å². The Hall–Kier alpha value is -2.99. The van der Waals surface area contributed by atoms with Crippen LogP contribution in [-0.2, 0) is 19.2 Å². The van der Waals surface area contributed by atoms with Gasteiger partial charge < -0.3 is 36.8 Å². The summed E-state index contributed by atoms with van der Waals surface area (Å²) in [6.07, 6.45) is -0.235. The Morgan fingerprint density at radius 2 is 1.54 bits per heavy atom. The van der Waals surface area contributed by atoms with Gasteiger partial charge in [-0.25, -0.2) is 0 Å². The zero-order chi connectivity index (χ0) is 21.7. The van der Waals surface area contributed by atoms with E-state index in [1.807, 2.05) is 0 Å². The second-order valence-electron chi connectivity index (χ2n) is 5.41. The fraction of sp³-hybridized carbons (Fsp3) is 0.375. The number of aromatic hydroxyl groups is 2. The topological polar surface area (TPSA) is 199 Å². The minimum atomic E-state index is -1.22. The molecule has 1 rings (SSSR count). The van der Waals surface area contributed by atoms with E-state index in [1.165, 1.54) is 24.3 Å². The first-order chi connectivity index (χ1) is 13.1. The van der Waals surface area contributed by atoms with Gasteiger partial charge in [-0.2, -0.15) is 12.6 Å². The summed E-state index contributed by atoms with van der Waals surface area (Å²) >= 11 is 3.87. The molecule has 0 aliphatic heterocycles. The minimum absolute atomic E-state index is 0.0256. The maximum atomic E-state index is 11.5. The van der Waals surface area contributed by atoms with E-state index < -0.39 is 42.4 Å². The lowest BCUT2D eigenvalue weighted by Gasteiger charge is -2.16. The fourth-order valence-corrected chi connectivity index (χ4v) is 1.87. The van der Waals surface area contributed by atoms with Crippen LogP contribution in [0.1, 0.15) is 12.8 Å². The summed E-state index contributed by atoms with van der Waals surface area (Å²) in [5, 5.41) is 38.7. The van der Waals surface area contributed by atoms with Crippen molar-refractivity contribution in [1.82, 2.24) is 10.6 Å². The first kappa shape index (κ1) is 25.0. The van der Waals surface area contributed by atoms with Gasteiger partial charge in [0.2, 0.25) is 11.8 Å². The first-order valence-corrected chi connectivity index (χ1v) is 8.56. The molecule has 2 amide bonds. The summed E-state index contributed by atoms with van der Waals surface area (Å²) in [5.41, 5.74) is 5.23. The highest BCUT2D eigenvalue weighted by Crippen LogP contribution is 2.13. The van der Waals surface area contributed by atoms with Crippen LogP contribution in [0.2, 0.25) is 0 Å². The molecule has 28 heavy (non-hydrogen) atoms. The molecule has 0 unspecified atom stereocenters. The Labute approximate surface area is 166 Å². The Morgan fingerprint density at radius 1 is 1.04 bits per heavy atom. The Bertz CT molecular complexity index is 647. The van der Waals surface area contributed by atoms with Gasteiger partial charge in [-0.3, -0.25) is 19.2 Å². The number of rotatable bonds is 9. The molecule has 0 bridgehead atoms. The molecule has 11 nitrogen and oxygen atoms in total. The van der Waals surface area contributed by atoms with Crippen LogP contribution in [0.4, 0.5) is 0 Å². The van der Waals surface area contributed by atoms with E-state index in [0.29, 0.717) is 0 Å². The van der Waals surface area contributed by atoms with Crippen LogP contribution in [0.25, 0.3) is 0 Å². The Kier molecular flexibility index (Phi) is 11.8. The third-order valence-electron chi connectivity index (χ3n) is 3.10. The van der Waals surface area contributed by atoms with Gasteiger partial charge in [0, 0.05) is 12.2 Å². The van der Waals surface area contributed by atoms with E-state index in [-0.39, 0.29) is 30.1 Å². The lowest BCUT2D eigenvalue weighted by atomic mass is 10.1. The van der Waals surface area contributed by atoms with E-state index in [2.05, 4.69) is 23.3 Å². The quantitative estimate of drug-likeness (QED) is 0.181. The maximum absolute atomic E-state index is 11.5. The molecule has 1 aromatic carbocycles. The molecule has 0 aliphatic rings. The molecule has 0 heterocycles. The van der Waals surface area contributed by atoms with Crippen molar-refractivity contribution in [2.45, 2.75) is 24.9 Å². The van der Waals surface area contributed by atoms with Gasteiger partial charge in [-0.1, -0.05) is 0 Å². The van der Waals surface area contributed by atoms with Crippen LogP contribution in [0.15, 0.2) is 24.3 Å². The van der Waals surface area contributed by atoms with E-state index >= 15 is 0 Å². The number of carboxylic acid groups (broad SMARTS) is 2. The van der Waals surface area contributed by atoms with Crippen molar-refractivity contribution in [3.63, 3.8) is 0 Å². The molecule has 1 aromatic rings. The van der Waals surface area contributed by atoms with Gasteiger partial charge in [0.1, 0.15) is 30.1 Å². The number of phenols is 2. The molecule has 0 saturated heterocycles. The summed E-state index contributed by atoms with van der Waals surface area (Å²) in [7, 11) is 0. The number of hydrogen-bond donors (Lipinski definition) is 8. The summed E-state index contributed by atoms with van der Waals surface area (Å²) in [4.78, 5) is 43.7. The zero-order valence-electron chi connectivity index (χ0n) is 14.7. The molecular weight excluding hydrogens is 394 g/mol. The highest BCUT2D eigenvalue weighted by molar-refractivity contribution is 7.80. The maximum Gasteiger partial charge on any atom is 0.322 e. The SMILES string of the molecule is N[C@@H](CCC(=O)N[C@@H](CS)C(=O)NCC(=O)O)C(=O)O.Oc1ccc(O)cc1. The van der Waals surface area contributed by atoms with Gasteiger partial charge in [0.25, 0.3) is 0 Å². The van der Waals surface area contributed by atoms with Crippen molar-refractivity contribution in [1.29, 1.82) is 0 Å². The van der Waals surface area contributed by atoms with Crippen molar-refractivity contribution < 1.29 is 39.6 Å². The highest BCUT2D eigenvalue weighted by atomic mass is 32.1. The molecule has 2 atom stereocenters. The van der Waals surface area contributed by atoms with Crippen molar-refractivity contribution in [3.05, 3.63) is 24.3 Å². The molecular formula is C16H23N3O8S. The number of aliphatic carboxylic acids is 2. The molecule has 0 saturated carbocycles. The molecule has 0 radical (unpaired) electrons. The number of nitrogens with one attached hydrogen (secondary N) is 2. The zero-order valence-corrected chi connectivity index (χ0v) is 15.6. The van der Waals surface area contributed by atoms with Crippen LogP contribution in [0, 0.1) is 0 Å². The highest BCUT2D eigenvalue weighted by Gasteiger charge is 2.20. The standard InChI is InChI=1S/C10H17N3O6S.C6H6O2/c11-5(10(18)19)1-2-7(14)13-6(4-20)9(17)12-3-8(15)16;7-5-1-2-6(8)4-3-5/h5-6,20H,1-4,11H2,(H,12,17)(H,13,14)(H,15,16)(H,18,19);1-4,7-8H/t5-,6-;/m0./s1. The van der Waals surface area contributed by atoms with Gasteiger partial charge in [0.15, 0.2) is 0 Å². The van der Waals surface area contributed by atoms with Crippen molar-refractivity contribution >= 4 is 36.4 Å². The number of phenolic OH excluding ortho intramolecular Hbond substituents is 2. The van der Waals surface area contributed by atoms with Gasteiger partial charge in [-0.15, -0.1) is 0 Å². The monoisotopic (exact) mass is 417 g/mol. The molecule has 0 aliphatic carbocycles. The molecule has 0 fully saturated rings. The summed E-state index contributed by atoms with van der Waals surface area (Å²) in [6, 6.07) is 3.55. The average molecular weight is 417 g/mol. The predicted molar refractivity (Wildman–Crippen MR) is 101 cm³/mol. The summed E-state index contributed by atoms with van der Waals surface area (Å²) in [5.74, 6) is -3.37. The number of carbonyl (C=O) groups excluding carboxylic acids is 2. The lowest BCUT2D eigenvalue weighted by Crippen LogP contribution is -2.49. The van der Waals surface area contributed by atoms with Gasteiger partial charge in [0.05, 0.1) is 0 Å². The largest absolute Gasteiger partial charge is 0.508 e. The van der Waals surface area contributed by atoms with Crippen LogP contribution in [-0.4, -0.2) is 68.6 Å².